The molecule has 1 amide bonds. The smallest absolute Gasteiger partial charge is 0.244 e. The topological polar surface area (TPSA) is 67.4 Å². The summed E-state index contributed by atoms with van der Waals surface area (Å²) >= 11 is 0. The quantitative estimate of drug-likeness (QED) is 0.792. The van der Waals surface area contributed by atoms with Crippen molar-refractivity contribution in [2.75, 3.05) is 27.2 Å². The van der Waals surface area contributed by atoms with Gasteiger partial charge in [0.05, 0.1) is 6.20 Å². The van der Waals surface area contributed by atoms with Crippen molar-refractivity contribution < 1.29 is 4.79 Å². The molecule has 6 nitrogen and oxygen atoms in total. The van der Waals surface area contributed by atoms with Crippen LogP contribution in [0.2, 0.25) is 0 Å². The van der Waals surface area contributed by atoms with Crippen molar-refractivity contribution in [3.05, 3.63) is 18.0 Å². The second kappa shape index (κ2) is 5.07. The lowest BCUT2D eigenvalue weighted by molar-refractivity contribution is -0.131. The molecule has 2 rings (SSSR count). The summed E-state index contributed by atoms with van der Waals surface area (Å²) < 4.78 is 1.66. The molecule has 0 saturated carbocycles. The summed E-state index contributed by atoms with van der Waals surface area (Å²) in [5, 5.41) is 4.05. The fourth-order valence-electron chi connectivity index (χ4n) is 2.30. The Morgan fingerprint density at radius 3 is 2.83 bits per heavy atom. The van der Waals surface area contributed by atoms with Crippen LogP contribution in [0.4, 0.5) is 0 Å². The highest BCUT2D eigenvalue weighted by Gasteiger charge is 2.31. The summed E-state index contributed by atoms with van der Waals surface area (Å²) in [7, 11) is 5.90. The number of nitrogens with zero attached hydrogens (tertiary/aromatic N) is 4. The van der Waals surface area contributed by atoms with Gasteiger partial charge in [-0.1, -0.05) is 0 Å². The summed E-state index contributed by atoms with van der Waals surface area (Å²) in [6, 6.07) is -0.158. The van der Waals surface area contributed by atoms with Crippen LogP contribution in [-0.2, 0) is 11.8 Å². The molecule has 18 heavy (non-hydrogen) atoms. The maximum atomic E-state index is 12.3. The zero-order valence-corrected chi connectivity index (χ0v) is 11.2. The summed E-state index contributed by atoms with van der Waals surface area (Å²) in [6.07, 6.45) is 4.46. The summed E-state index contributed by atoms with van der Waals surface area (Å²) in [5.74, 6) is -0.00708. The predicted molar refractivity (Wildman–Crippen MR) is 68.8 cm³/mol. The van der Waals surface area contributed by atoms with E-state index in [9.17, 15) is 4.79 Å². The first kappa shape index (κ1) is 13.0. The first-order chi connectivity index (χ1) is 8.49. The van der Waals surface area contributed by atoms with E-state index in [1.54, 1.807) is 17.1 Å². The Bertz CT molecular complexity index is 428. The predicted octanol–water partition coefficient (Wildman–Crippen LogP) is -0.418. The Morgan fingerprint density at radius 1 is 1.61 bits per heavy atom. The molecule has 1 saturated heterocycles. The van der Waals surface area contributed by atoms with Gasteiger partial charge in [-0.15, -0.1) is 0 Å². The second-order valence-electron chi connectivity index (χ2n) is 5.12. The lowest BCUT2D eigenvalue weighted by Gasteiger charge is -2.22. The highest BCUT2D eigenvalue weighted by Crippen LogP contribution is 2.18. The Hall–Kier alpha value is -1.40. The monoisotopic (exact) mass is 251 g/mol. The van der Waals surface area contributed by atoms with Gasteiger partial charge >= 0.3 is 0 Å². The fourth-order valence-corrected chi connectivity index (χ4v) is 2.30. The molecule has 2 atom stereocenters. The number of carbonyl (C=O) groups is 1. The van der Waals surface area contributed by atoms with Crippen molar-refractivity contribution in [1.29, 1.82) is 0 Å². The molecule has 2 heterocycles. The number of hydrogen-bond acceptors (Lipinski definition) is 4. The third-order valence-corrected chi connectivity index (χ3v) is 3.56. The Kier molecular flexibility index (Phi) is 3.68. The molecule has 6 heteroatoms. The molecule has 1 aliphatic rings. The Balaban J connectivity index is 2.00. The molecule has 1 fully saturated rings. The van der Waals surface area contributed by atoms with Gasteiger partial charge in [-0.05, 0) is 20.5 Å². The van der Waals surface area contributed by atoms with Crippen LogP contribution in [0.3, 0.4) is 0 Å². The zero-order valence-electron chi connectivity index (χ0n) is 11.2. The van der Waals surface area contributed by atoms with Crippen molar-refractivity contribution in [3.8, 4) is 0 Å². The van der Waals surface area contributed by atoms with E-state index in [0.717, 1.165) is 25.1 Å². The molecular formula is C12H21N5O. The molecule has 0 bridgehead atoms. The van der Waals surface area contributed by atoms with Gasteiger partial charge in [0.2, 0.25) is 5.91 Å². The van der Waals surface area contributed by atoms with Gasteiger partial charge in [-0.2, -0.15) is 5.10 Å². The van der Waals surface area contributed by atoms with Gasteiger partial charge in [0.1, 0.15) is 6.04 Å². The fraction of sp³-hybridized carbons (Fsp3) is 0.667. The van der Waals surface area contributed by atoms with Crippen molar-refractivity contribution in [2.45, 2.75) is 18.5 Å². The van der Waals surface area contributed by atoms with Crippen molar-refractivity contribution in [1.82, 2.24) is 19.6 Å². The van der Waals surface area contributed by atoms with Gasteiger partial charge in [0.15, 0.2) is 0 Å². The Labute approximate surface area is 107 Å². The number of carbonyl (C=O) groups excluding carboxylic acids is 1. The van der Waals surface area contributed by atoms with E-state index < -0.39 is 6.04 Å². The SMILES string of the molecule is CN(C)C1CCN(C(=O)C(N)c2cnn(C)c2)C1. The first-order valence-corrected chi connectivity index (χ1v) is 6.18. The molecular weight excluding hydrogens is 230 g/mol. The standard InChI is InChI=1S/C12H21N5O/c1-15(2)10-4-5-17(8-10)12(18)11(13)9-6-14-16(3)7-9/h6-7,10-11H,4-5,8,13H2,1-3H3. The van der Waals surface area contributed by atoms with E-state index in [1.165, 1.54) is 0 Å². The molecule has 1 aliphatic heterocycles. The van der Waals surface area contributed by atoms with Crippen LogP contribution in [0.25, 0.3) is 0 Å². The molecule has 2 unspecified atom stereocenters. The maximum absolute atomic E-state index is 12.3. The number of aryl methyl sites for hydroxylation is 1. The number of hydrogen-bond donors (Lipinski definition) is 1. The lowest BCUT2D eigenvalue weighted by atomic mass is 10.1. The normalized spacial score (nSPS) is 21.6. The van der Waals surface area contributed by atoms with Crippen LogP contribution in [-0.4, -0.2) is 58.7 Å². The van der Waals surface area contributed by atoms with Gasteiger partial charge in [0, 0.05) is 37.9 Å². The van der Waals surface area contributed by atoms with Crippen LogP contribution in [0.5, 0.6) is 0 Å². The van der Waals surface area contributed by atoms with Crippen molar-refractivity contribution in [2.24, 2.45) is 12.8 Å². The van der Waals surface area contributed by atoms with Gasteiger partial charge < -0.3 is 15.5 Å². The van der Waals surface area contributed by atoms with E-state index in [2.05, 4.69) is 10.00 Å². The van der Waals surface area contributed by atoms with Crippen LogP contribution in [0.1, 0.15) is 18.0 Å². The number of nitrogens with two attached hydrogens (primary N) is 1. The van der Waals surface area contributed by atoms with Crippen molar-refractivity contribution in [3.63, 3.8) is 0 Å². The highest BCUT2D eigenvalue weighted by molar-refractivity contribution is 5.83. The second-order valence-corrected chi connectivity index (χ2v) is 5.12. The number of aromatic nitrogens is 2. The Morgan fingerprint density at radius 2 is 2.33 bits per heavy atom. The average Bonchev–Trinajstić information content (AvgIpc) is 2.95. The van der Waals surface area contributed by atoms with Gasteiger partial charge in [0.25, 0.3) is 0 Å². The van der Waals surface area contributed by atoms with E-state index in [1.807, 2.05) is 26.0 Å². The van der Waals surface area contributed by atoms with Crippen LogP contribution >= 0.6 is 0 Å². The molecule has 100 valence electrons. The minimum atomic E-state index is -0.598. The lowest BCUT2D eigenvalue weighted by Crippen LogP contribution is -2.39. The average molecular weight is 251 g/mol. The number of likely N-dealkylation sites (tertiary alicyclic amines) is 1. The van der Waals surface area contributed by atoms with Crippen LogP contribution in [0, 0.1) is 0 Å². The molecule has 0 aliphatic carbocycles. The minimum absolute atomic E-state index is 0.00708. The number of amides is 1. The summed E-state index contributed by atoms with van der Waals surface area (Å²) in [5.41, 5.74) is 6.77. The van der Waals surface area contributed by atoms with E-state index >= 15 is 0 Å². The molecule has 1 aromatic heterocycles. The summed E-state index contributed by atoms with van der Waals surface area (Å²) in [6.45, 7) is 1.55. The molecule has 0 spiro atoms. The first-order valence-electron chi connectivity index (χ1n) is 6.18. The number of rotatable bonds is 3. The van der Waals surface area contributed by atoms with E-state index in [0.29, 0.717) is 6.04 Å². The third-order valence-electron chi connectivity index (χ3n) is 3.56. The minimum Gasteiger partial charge on any atom is -0.339 e. The molecule has 0 aromatic carbocycles. The van der Waals surface area contributed by atoms with E-state index in [-0.39, 0.29) is 5.91 Å². The maximum Gasteiger partial charge on any atom is 0.244 e. The van der Waals surface area contributed by atoms with Crippen molar-refractivity contribution >= 4 is 5.91 Å². The van der Waals surface area contributed by atoms with Crippen LogP contribution < -0.4 is 5.73 Å². The molecule has 2 N–H and O–H groups in total. The highest BCUT2D eigenvalue weighted by atomic mass is 16.2. The summed E-state index contributed by atoms with van der Waals surface area (Å²) in [4.78, 5) is 16.3. The van der Waals surface area contributed by atoms with Gasteiger partial charge in [-0.25, -0.2) is 0 Å². The largest absolute Gasteiger partial charge is 0.339 e. The van der Waals surface area contributed by atoms with Crippen LogP contribution in [0.15, 0.2) is 12.4 Å². The van der Waals surface area contributed by atoms with Gasteiger partial charge in [-0.3, -0.25) is 9.48 Å². The van der Waals surface area contributed by atoms with E-state index in [4.69, 9.17) is 5.73 Å². The molecule has 0 radical (unpaired) electrons. The third kappa shape index (κ3) is 2.54. The number of likely N-dealkylation sites (N-methyl/N-ethyl adjacent to an activating group) is 1. The molecule has 1 aromatic rings. The zero-order chi connectivity index (χ0) is 13.3.